The van der Waals surface area contributed by atoms with Gasteiger partial charge in [0, 0.05) is 12.2 Å². The Labute approximate surface area is 108 Å². The molecule has 2 rings (SSSR count). The van der Waals surface area contributed by atoms with Gasteiger partial charge < -0.3 is 15.2 Å². The molecule has 0 spiro atoms. The summed E-state index contributed by atoms with van der Waals surface area (Å²) >= 11 is 0. The minimum atomic E-state index is 0.0637. The molecule has 0 bridgehead atoms. The van der Waals surface area contributed by atoms with Gasteiger partial charge in [0.2, 0.25) is 0 Å². The van der Waals surface area contributed by atoms with E-state index in [0.717, 1.165) is 30.8 Å². The second kappa shape index (κ2) is 5.87. The highest BCUT2D eigenvalue weighted by molar-refractivity contribution is 5.95. The van der Waals surface area contributed by atoms with E-state index in [-0.39, 0.29) is 11.9 Å². The maximum Gasteiger partial charge on any atom is 0.123 e. The van der Waals surface area contributed by atoms with E-state index in [1.807, 2.05) is 25.1 Å². The molecule has 3 N–H and O–H groups in total. The van der Waals surface area contributed by atoms with E-state index in [9.17, 15) is 0 Å². The van der Waals surface area contributed by atoms with E-state index in [1.54, 1.807) is 0 Å². The van der Waals surface area contributed by atoms with Gasteiger partial charge in [-0.25, -0.2) is 0 Å². The largest absolute Gasteiger partial charge is 0.491 e. The van der Waals surface area contributed by atoms with Crippen LogP contribution in [-0.2, 0) is 4.74 Å². The van der Waals surface area contributed by atoms with Crippen LogP contribution in [0.2, 0.25) is 0 Å². The fraction of sp³-hybridized carbons (Fsp3) is 0.500. The lowest BCUT2D eigenvalue weighted by molar-refractivity contribution is -0.0111. The number of aryl methyl sites for hydroxylation is 1. The van der Waals surface area contributed by atoms with Crippen LogP contribution < -0.4 is 10.5 Å². The first-order chi connectivity index (χ1) is 8.66. The molecule has 4 heteroatoms. The summed E-state index contributed by atoms with van der Waals surface area (Å²) in [4.78, 5) is 0. The maximum atomic E-state index is 7.43. The van der Waals surface area contributed by atoms with Crippen LogP contribution in [0.5, 0.6) is 5.75 Å². The molecule has 1 aliphatic heterocycles. The van der Waals surface area contributed by atoms with Gasteiger partial charge in [-0.3, -0.25) is 5.41 Å². The Balaban J connectivity index is 1.99. The first kappa shape index (κ1) is 12.9. The number of amidine groups is 1. The van der Waals surface area contributed by atoms with E-state index in [1.165, 1.54) is 6.42 Å². The highest BCUT2D eigenvalue weighted by Gasteiger charge is 2.15. The Bertz CT molecular complexity index is 426. The van der Waals surface area contributed by atoms with E-state index in [4.69, 9.17) is 20.6 Å². The summed E-state index contributed by atoms with van der Waals surface area (Å²) in [7, 11) is 0. The molecule has 1 aromatic rings. The van der Waals surface area contributed by atoms with Crippen molar-refractivity contribution in [2.24, 2.45) is 5.73 Å². The summed E-state index contributed by atoms with van der Waals surface area (Å²) in [5, 5.41) is 7.43. The minimum Gasteiger partial charge on any atom is -0.491 e. The molecule has 18 heavy (non-hydrogen) atoms. The molecular weight excluding hydrogens is 228 g/mol. The van der Waals surface area contributed by atoms with Crippen LogP contribution in [-0.4, -0.2) is 25.2 Å². The Morgan fingerprint density at radius 3 is 3.00 bits per heavy atom. The number of nitrogens with one attached hydrogen (secondary N) is 1. The van der Waals surface area contributed by atoms with Crippen molar-refractivity contribution in [2.45, 2.75) is 32.3 Å². The van der Waals surface area contributed by atoms with Crippen LogP contribution in [0.25, 0.3) is 0 Å². The van der Waals surface area contributed by atoms with E-state index < -0.39 is 0 Å². The van der Waals surface area contributed by atoms with Crippen LogP contribution in [0.4, 0.5) is 0 Å². The number of nitrogens with two attached hydrogens (primary N) is 1. The SMILES string of the molecule is Cc1ccc(C(=N)N)cc1OCC1CCCCO1. The molecule has 0 radical (unpaired) electrons. The Kier molecular flexibility index (Phi) is 4.20. The van der Waals surface area contributed by atoms with E-state index in [2.05, 4.69) is 0 Å². The summed E-state index contributed by atoms with van der Waals surface area (Å²) < 4.78 is 11.4. The zero-order valence-electron chi connectivity index (χ0n) is 10.7. The van der Waals surface area contributed by atoms with Gasteiger partial charge in [0.25, 0.3) is 0 Å². The predicted octanol–water partition coefficient (Wildman–Crippen LogP) is 2.23. The number of rotatable bonds is 4. The van der Waals surface area contributed by atoms with Crippen LogP contribution >= 0.6 is 0 Å². The van der Waals surface area contributed by atoms with Gasteiger partial charge in [-0.15, -0.1) is 0 Å². The third-order valence-corrected chi connectivity index (χ3v) is 3.20. The second-order valence-electron chi connectivity index (χ2n) is 4.69. The average Bonchev–Trinajstić information content (AvgIpc) is 2.38. The van der Waals surface area contributed by atoms with Crippen molar-refractivity contribution in [3.63, 3.8) is 0 Å². The monoisotopic (exact) mass is 248 g/mol. The zero-order chi connectivity index (χ0) is 13.0. The van der Waals surface area contributed by atoms with Crippen molar-refractivity contribution < 1.29 is 9.47 Å². The van der Waals surface area contributed by atoms with Gasteiger partial charge in [-0.2, -0.15) is 0 Å². The van der Waals surface area contributed by atoms with Crippen molar-refractivity contribution in [3.05, 3.63) is 29.3 Å². The summed E-state index contributed by atoms with van der Waals surface area (Å²) in [5.74, 6) is 0.852. The number of hydrogen-bond acceptors (Lipinski definition) is 3. The highest BCUT2D eigenvalue weighted by Crippen LogP contribution is 2.21. The van der Waals surface area contributed by atoms with Crippen molar-refractivity contribution in [2.75, 3.05) is 13.2 Å². The number of nitrogen functional groups attached to an aromatic ring is 1. The number of benzene rings is 1. The molecule has 4 nitrogen and oxygen atoms in total. The average molecular weight is 248 g/mol. The Morgan fingerprint density at radius 2 is 2.33 bits per heavy atom. The lowest BCUT2D eigenvalue weighted by Gasteiger charge is -2.23. The molecule has 1 atom stereocenters. The molecule has 1 unspecified atom stereocenters. The molecular formula is C14H20N2O2. The topological polar surface area (TPSA) is 68.3 Å². The van der Waals surface area contributed by atoms with Crippen molar-refractivity contribution >= 4 is 5.84 Å². The van der Waals surface area contributed by atoms with E-state index >= 15 is 0 Å². The number of hydrogen-bond donors (Lipinski definition) is 2. The molecule has 1 fully saturated rings. The molecule has 1 aromatic carbocycles. The van der Waals surface area contributed by atoms with Gasteiger partial charge >= 0.3 is 0 Å². The van der Waals surface area contributed by atoms with Gasteiger partial charge in [0.1, 0.15) is 18.2 Å². The lowest BCUT2D eigenvalue weighted by atomic mass is 10.1. The van der Waals surface area contributed by atoms with Crippen LogP contribution in [0.3, 0.4) is 0 Å². The Hall–Kier alpha value is -1.55. The summed E-state index contributed by atoms with van der Waals surface area (Å²) in [6.45, 7) is 3.39. The van der Waals surface area contributed by atoms with Gasteiger partial charge in [0.05, 0.1) is 6.10 Å². The van der Waals surface area contributed by atoms with Crippen molar-refractivity contribution in [1.82, 2.24) is 0 Å². The first-order valence-corrected chi connectivity index (χ1v) is 6.36. The zero-order valence-corrected chi connectivity index (χ0v) is 10.7. The summed E-state index contributed by atoms with van der Waals surface area (Å²) in [6.07, 6.45) is 3.61. The quantitative estimate of drug-likeness (QED) is 0.634. The van der Waals surface area contributed by atoms with Crippen molar-refractivity contribution in [1.29, 1.82) is 5.41 Å². The van der Waals surface area contributed by atoms with E-state index in [0.29, 0.717) is 12.2 Å². The molecule has 0 aromatic heterocycles. The van der Waals surface area contributed by atoms with Crippen molar-refractivity contribution in [3.8, 4) is 5.75 Å². The van der Waals surface area contributed by atoms with Gasteiger partial charge in [-0.05, 0) is 37.8 Å². The third-order valence-electron chi connectivity index (χ3n) is 3.20. The highest BCUT2D eigenvalue weighted by atomic mass is 16.5. The Morgan fingerprint density at radius 1 is 1.50 bits per heavy atom. The molecule has 1 heterocycles. The lowest BCUT2D eigenvalue weighted by Crippen LogP contribution is -2.26. The molecule has 1 aliphatic rings. The smallest absolute Gasteiger partial charge is 0.123 e. The van der Waals surface area contributed by atoms with Gasteiger partial charge in [0.15, 0.2) is 0 Å². The molecule has 0 aliphatic carbocycles. The molecule has 98 valence electrons. The minimum absolute atomic E-state index is 0.0637. The summed E-state index contributed by atoms with van der Waals surface area (Å²) in [6, 6.07) is 5.58. The summed E-state index contributed by atoms with van der Waals surface area (Å²) in [5.41, 5.74) is 7.22. The number of ether oxygens (including phenoxy) is 2. The van der Waals surface area contributed by atoms with Crippen LogP contribution in [0.15, 0.2) is 18.2 Å². The molecule has 0 amide bonds. The molecule has 1 saturated heterocycles. The normalized spacial score (nSPS) is 19.5. The van der Waals surface area contributed by atoms with Gasteiger partial charge in [-0.1, -0.05) is 12.1 Å². The van der Waals surface area contributed by atoms with Crippen LogP contribution in [0.1, 0.15) is 30.4 Å². The fourth-order valence-electron chi connectivity index (χ4n) is 2.04. The second-order valence-corrected chi connectivity index (χ2v) is 4.69. The first-order valence-electron chi connectivity index (χ1n) is 6.36. The van der Waals surface area contributed by atoms with Crippen LogP contribution in [0, 0.1) is 12.3 Å². The standard InChI is InChI=1S/C14H20N2O2/c1-10-5-6-11(14(15)16)8-13(10)18-9-12-4-2-3-7-17-12/h5-6,8,12H,2-4,7,9H2,1H3,(H3,15,16). The fourth-order valence-corrected chi connectivity index (χ4v) is 2.04. The maximum absolute atomic E-state index is 7.43. The third kappa shape index (κ3) is 3.23. The molecule has 0 saturated carbocycles. The predicted molar refractivity (Wildman–Crippen MR) is 71.3 cm³/mol.